The van der Waals surface area contributed by atoms with Crippen molar-refractivity contribution in [3.8, 4) is 24.7 Å². The van der Waals surface area contributed by atoms with Crippen LogP contribution >= 0.6 is 0 Å². The summed E-state index contributed by atoms with van der Waals surface area (Å²) in [7, 11) is 7.42. The van der Waals surface area contributed by atoms with Crippen LogP contribution in [0.2, 0.25) is 0 Å². The summed E-state index contributed by atoms with van der Waals surface area (Å²) in [6.45, 7) is 11.0. The topological polar surface area (TPSA) is 123 Å². The predicted molar refractivity (Wildman–Crippen MR) is 145 cm³/mol. The van der Waals surface area contributed by atoms with Gasteiger partial charge < -0.3 is 0 Å². The highest BCUT2D eigenvalue weighted by molar-refractivity contribution is 4.87. The second-order valence-electron chi connectivity index (χ2n) is 6.64. The number of aromatic nitrogens is 12. The zero-order valence-corrected chi connectivity index (χ0v) is 21.8. The van der Waals surface area contributed by atoms with Gasteiger partial charge in [0.15, 0.2) is 0 Å². The molecule has 4 rings (SSSR count). The number of hydrogen-bond donors (Lipinski definition) is 0. The van der Waals surface area contributed by atoms with Crippen molar-refractivity contribution in [2.24, 2.45) is 28.2 Å². The Balaban J connectivity index is -0.000000174. The van der Waals surface area contributed by atoms with Gasteiger partial charge in [-0.1, -0.05) is 35.7 Å². The third kappa shape index (κ3) is 21.5. The van der Waals surface area contributed by atoms with E-state index in [1.807, 2.05) is 68.3 Å². The second-order valence-corrected chi connectivity index (χ2v) is 6.64. The summed E-state index contributed by atoms with van der Waals surface area (Å²) < 4.78 is 6.80. The fraction of sp³-hybridized carbons (Fsp3) is 0.500. The minimum absolute atomic E-state index is 0. The summed E-state index contributed by atoms with van der Waals surface area (Å²) in [5.41, 5.74) is 4.09. The SMILES string of the molecule is C.C.C#CC.C#CC.Cc1cn(C)nn1.Cc1cn(C)nn1.Cc1cnnn1C.Cc1cnnn1C. The van der Waals surface area contributed by atoms with Gasteiger partial charge in [-0.15, -0.1) is 45.1 Å². The van der Waals surface area contributed by atoms with Crippen LogP contribution in [0, 0.1) is 52.4 Å². The van der Waals surface area contributed by atoms with E-state index < -0.39 is 0 Å². The first-order valence-electron chi connectivity index (χ1n) is 10.0. The van der Waals surface area contributed by atoms with Crippen LogP contribution in [0.15, 0.2) is 24.8 Å². The molecule has 0 bridgehead atoms. The Hall–Kier alpha value is -4.32. The molecule has 0 atom stereocenters. The Morgan fingerprint density at radius 1 is 0.611 bits per heavy atom. The fourth-order valence-corrected chi connectivity index (χ4v) is 1.61. The zero-order valence-electron chi connectivity index (χ0n) is 21.8. The zero-order chi connectivity index (χ0) is 26.5. The number of nitrogens with zero attached hydrogens (tertiary/aromatic N) is 12. The molecule has 0 aliphatic rings. The Bertz CT molecular complexity index is 948. The lowest BCUT2D eigenvalue weighted by molar-refractivity contribution is 0.696. The highest BCUT2D eigenvalue weighted by atomic mass is 15.4. The average molecular weight is 501 g/mol. The van der Waals surface area contributed by atoms with Gasteiger partial charge in [0.05, 0.1) is 35.2 Å². The number of rotatable bonds is 0. The van der Waals surface area contributed by atoms with Crippen molar-refractivity contribution in [1.82, 2.24) is 60.0 Å². The van der Waals surface area contributed by atoms with Crippen molar-refractivity contribution in [3.63, 3.8) is 0 Å². The van der Waals surface area contributed by atoms with E-state index >= 15 is 0 Å². The van der Waals surface area contributed by atoms with E-state index in [9.17, 15) is 0 Å². The molecule has 4 aromatic rings. The van der Waals surface area contributed by atoms with E-state index in [2.05, 4.69) is 65.9 Å². The molecule has 0 aromatic carbocycles. The van der Waals surface area contributed by atoms with Crippen LogP contribution in [0.1, 0.15) is 51.5 Å². The van der Waals surface area contributed by atoms with E-state index in [0.29, 0.717) is 0 Å². The predicted octanol–water partition coefficient (Wildman–Crippen LogP) is 3.05. The first kappa shape index (κ1) is 38.9. The summed E-state index contributed by atoms with van der Waals surface area (Å²) in [5, 5.41) is 29.5. The van der Waals surface area contributed by atoms with Gasteiger partial charge in [-0.3, -0.25) is 18.7 Å². The molecule has 0 radical (unpaired) electrons. The van der Waals surface area contributed by atoms with E-state index in [1.54, 1.807) is 45.0 Å². The fourth-order valence-electron chi connectivity index (χ4n) is 1.61. The molecule has 12 heteroatoms. The second kappa shape index (κ2) is 23.8. The molecule has 0 saturated carbocycles. The quantitative estimate of drug-likeness (QED) is 0.338. The first-order chi connectivity index (χ1) is 16.0. The van der Waals surface area contributed by atoms with Crippen LogP contribution in [-0.2, 0) is 28.2 Å². The van der Waals surface area contributed by atoms with Crippen molar-refractivity contribution in [3.05, 3.63) is 47.6 Å². The molecule has 4 heterocycles. The third-order valence-electron chi connectivity index (χ3n) is 3.32. The minimum atomic E-state index is 0. The van der Waals surface area contributed by atoms with Crippen molar-refractivity contribution in [2.45, 2.75) is 56.4 Å². The lowest BCUT2D eigenvalue weighted by Crippen LogP contribution is -1.91. The van der Waals surface area contributed by atoms with Crippen LogP contribution in [0.3, 0.4) is 0 Å². The van der Waals surface area contributed by atoms with E-state index in [1.165, 1.54) is 0 Å². The van der Waals surface area contributed by atoms with Crippen LogP contribution in [-0.4, -0.2) is 60.0 Å². The molecule has 0 spiro atoms. The van der Waals surface area contributed by atoms with Crippen molar-refractivity contribution < 1.29 is 0 Å². The van der Waals surface area contributed by atoms with Crippen molar-refractivity contribution >= 4 is 0 Å². The standard InChI is InChI=1S/4C4H7N3.2C3H4.2CH4/c2*1-4-3-7(2)6-5-4;2*1-4-3-5-6-7(4)2;2*1-3-2;;/h4*3H,1-2H3;2*1H,2H3;2*1H4. The van der Waals surface area contributed by atoms with Gasteiger partial charge in [-0.2, -0.15) is 0 Å². The van der Waals surface area contributed by atoms with Crippen LogP contribution in [0.5, 0.6) is 0 Å². The highest BCUT2D eigenvalue weighted by Gasteiger charge is 1.86. The summed E-state index contributed by atoms with van der Waals surface area (Å²) in [5.74, 6) is 4.50. The summed E-state index contributed by atoms with van der Waals surface area (Å²) >= 11 is 0. The number of terminal acetylenes is 2. The molecule has 0 aliphatic heterocycles. The molecular formula is C24H44N12. The molecule has 200 valence electrons. The summed E-state index contributed by atoms with van der Waals surface area (Å²) in [6.07, 6.45) is 16.4. The average Bonchev–Trinajstić information content (AvgIpc) is 3.53. The monoisotopic (exact) mass is 500 g/mol. The van der Waals surface area contributed by atoms with Gasteiger partial charge in [0.25, 0.3) is 0 Å². The van der Waals surface area contributed by atoms with Crippen LogP contribution < -0.4 is 0 Å². The van der Waals surface area contributed by atoms with Gasteiger partial charge in [0, 0.05) is 40.6 Å². The molecule has 0 amide bonds. The summed E-state index contributed by atoms with van der Waals surface area (Å²) in [4.78, 5) is 0. The Morgan fingerprint density at radius 2 is 0.889 bits per heavy atom. The maximum Gasteiger partial charge on any atom is 0.0796 e. The van der Waals surface area contributed by atoms with Crippen molar-refractivity contribution in [1.29, 1.82) is 0 Å². The highest BCUT2D eigenvalue weighted by Crippen LogP contribution is 1.85. The van der Waals surface area contributed by atoms with E-state index in [0.717, 1.165) is 22.8 Å². The van der Waals surface area contributed by atoms with Crippen LogP contribution in [0.4, 0.5) is 0 Å². The maximum atomic E-state index is 4.60. The van der Waals surface area contributed by atoms with E-state index in [-0.39, 0.29) is 14.9 Å². The van der Waals surface area contributed by atoms with Crippen LogP contribution in [0.25, 0.3) is 0 Å². The maximum absolute atomic E-state index is 4.60. The van der Waals surface area contributed by atoms with Gasteiger partial charge in [-0.05, 0) is 41.5 Å². The molecule has 0 saturated heterocycles. The minimum Gasteiger partial charge on any atom is -0.255 e. The first-order valence-corrected chi connectivity index (χ1v) is 10.0. The van der Waals surface area contributed by atoms with Gasteiger partial charge in [0.1, 0.15) is 0 Å². The number of aryl methyl sites for hydroxylation is 8. The van der Waals surface area contributed by atoms with Crippen molar-refractivity contribution in [2.75, 3.05) is 0 Å². The Morgan fingerprint density at radius 3 is 0.944 bits per heavy atom. The molecule has 12 nitrogen and oxygen atoms in total. The molecule has 4 aromatic heterocycles. The smallest absolute Gasteiger partial charge is 0.0796 e. The molecule has 0 N–H and O–H groups in total. The Kier molecular flexibility index (Phi) is 25.8. The lowest BCUT2D eigenvalue weighted by Gasteiger charge is -1.84. The third-order valence-corrected chi connectivity index (χ3v) is 3.32. The molecule has 0 unspecified atom stereocenters. The van der Waals surface area contributed by atoms with Gasteiger partial charge >= 0.3 is 0 Å². The lowest BCUT2D eigenvalue weighted by atomic mass is 10.6. The molecule has 0 aliphatic carbocycles. The molecule has 0 fully saturated rings. The molecule has 36 heavy (non-hydrogen) atoms. The summed E-state index contributed by atoms with van der Waals surface area (Å²) in [6, 6.07) is 0. The van der Waals surface area contributed by atoms with Gasteiger partial charge in [-0.25, -0.2) is 0 Å². The Labute approximate surface area is 217 Å². The molecular weight excluding hydrogens is 456 g/mol. The largest absolute Gasteiger partial charge is 0.255 e. The van der Waals surface area contributed by atoms with Gasteiger partial charge in [0.2, 0.25) is 0 Å². The van der Waals surface area contributed by atoms with E-state index in [4.69, 9.17) is 0 Å². The normalized spacial score (nSPS) is 7.78. The number of hydrogen-bond acceptors (Lipinski definition) is 8.